The highest BCUT2D eigenvalue weighted by atomic mass is 32.2. The minimum absolute atomic E-state index is 0.0536. The van der Waals surface area contributed by atoms with E-state index in [9.17, 15) is 14.0 Å². The molecule has 0 saturated heterocycles. The Morgan fingerprint density at radius 1 is 1.19 bits per heavy atom. The molecule has 1 atom stereocenters. The summed E-state index contributed by atoms with van der Waals surface area (Å²) in [6, 6.07) is 13.2. The van der Waals surface area contributed by atoms with Crippen LogP contribution in [0.25, 0.3) is 0 Å². The topological polar surface area (TPSA) is 71.0 Å². The summed E-state index contributed by atoms with van der Waals surface area (Å²) in [4.78, 5) is 32.6. The number of nitrogens with one attached hydrogen (secondary N) is 1. The number of anilines is 1. The van der Waals surface area contributed by atoms with E-state index in [1.165, 1.54) is 47.7 Å². The van der Waals surface area contributed by atoms with Crippen LogP contribution in [-0.4, -0.2) is 28.6 Å². The number of hydrogen-bond acceptors (Lipinski definition) is 6. The van der Waals surface area contributed by atoms with E-state index in [0.29, 0.717) is 33.7 Å². The van der Waals surface area contributed by atoms with Crippen molar-refractivity contribution in [3.05, 3.63) is 101 Å². The Balaban J connectivity index is 1.66. The Bertz CT molecular complexity index is 1260. The first kappa shape index (κ1) is 25.4. The Labute approximate surface area is 214 Å². The minimum atomic E-state index is -0.504. The molecule has 1 unspecified atom stereocenters. The smallest absolute Gasteiger partial charge is 0.338 e. The van der Waals surface area contributed by atoms with Crippen LogP contribution in [0.4, 0.5) is 10.1 Å². The number of halogens is 1. The lowest BCUT2D eigenvalue weighted by molar-refractivity contribution is -0.138. The number of hydrogen-bond donors (Lipinski definition) is 1. The molecule has 8 heteroatoms. The summed E-state index contributed by atoms with van der Waals surface area (Å²) < 4.78 is 18.7. The number of ether oxygens (including phenoxy) is 1. The Morgan fingerprint density at radius 3 is 2.53 bits per heavy atom. The van der Waals surface area contributed by atoms with Crippen molar-refractivity contribution >= 4 is 34.5 Å². The highest BCUT2D eigenvalue weighted by Crippen LogP contribution is 2.45. The normalized spacial score (nSPS) is 16.9. The predicted molar refractivity (Wildman–Crippen MR) is 142 cm³/mol. The fourth-order valence-electron chi connectivity index (χ4n) is 4.12. The monoisotopic (exact) mass is 505 g/mol. The maximum Gasteiger partial charge on any atom is 0.338 e. The van der Waals surface area contributed by atoms with Gasteiger partial charge in [-0.1, -0.05) is 62.5 Å². The van der Waals surface area contributed by atoms with Crippen molar-refractivity contribution in [3.63, 3.8) is 0 Å². The second-order valence-electron chi connectivity index (χ2n) is 8.83. The van der Waals surface area contributed by atoms with Gasteiger partial charge >= 0.3 is 5.97 Å². The molecule has 1 N–H and O–H groups in total. The van der Waals surface area contributed by atoms with Gasteiger partial charge in [0, 0.05) is 11.4 Å². The SMILES string of the molecule is C=CCOC(=O)C1=C(C)N=C2SC=C(CC(=O)Nc3ccc(F)cc3)N2C1c1ccc(C(C)C)cc1. The minimum Gasteiger partial charge on any atom is -0.458 e. The van der Waals surface area contributed by atoms with E-state index in [1.807, 2.05) is 22.4 Å². The molecule has 0 radical (unpaired) electrons. The molecule has 0 fully saturated rings. The average Bonchev–Trinajstić information content (AvgIpc) is 3.24. The van der Waals surface area contributed by atoms with Gasteiger partial charge in [0.1, 0.15) is 12.4 Å². The van der Waals surface area contributed by atoms with Crippen LogP contribution >= 0.6 is 11.8 Å². The summed E-state index contributed by atoms with van der Waals surface area (Å²) >= 11 is 1.41. The van der Waals surface area contributed by atoms with Gasteiger partial charge in [0.15, 0.2) is 5.17 Å². The van der Waals surface area contributed by atoms with Crippen molar-refractivity contribution in [2.45, 2.75) is 39.2 Å². The number of carbonyl (C=O) groups is 2. The van der Waals surface area contributed by atoms with Crippen LogP contribution in [-0.2, 0) is 14.3 Å². The molecule has 0 aliphatic carbocycles. The van der Waals surface area contributed by atoms with Crippen LogP contribution in [0.2, 0.25) is 0 Å². The number of carbonyl (C=O) groups excluding carboxylic acids is 2. The molecule has 2 aromatic carbocycles. The van der Waals surface area contributed by atoms with Gasteiger partial charge in [-0.2, -0.15) is 0 Å². The van der Waals surface area contributed by atoms with Gasteiger partial charge in [0.25, 0.3) is 0 Å². The first-order valence-corrected chi connectivity index (χ1v) is 12.5. The number of rotatable bonds is 8. The average molecular weight is 506 g/mol. The van der Waals surface area contributed by atoms with Gasteiger partial charge in [-0.25, -0.2) is 14.2 Å². The maximum absolute atomic E-state index is 13.2. The molecule has 4 rings (SSSR count). The highest BCUT2D eigenvalue weighted by Gasteiger charge is 2.41. The van der Waals surface area contributed by atoms with Crippen LogP contribution in [0.15, 0.2) is 88.6 Å². The third kappa shape index (κ3) is 5.44. The van der Waals surface area contributed by atoms with Crippen molar-refractivity contribution in [1.29, 1.82) is 0 Å². The number of thioether (sulfide) groups is 1. The summed E-state index contributed by atoms with van der Waals surface area (Å²) in [7, 11) is 0. The number of aliphatic imine (C=N–C) groups is 1. The van der Waals surface area contributed by atoms with Gasteiger partial charge < -0.3 is 15.0 Å². The number of amidine groups is 1. The van der Waals surface area contributed by atoms with Crippen molar-refractivity contribution in [2.75, 3.05) is 11.9 Å². The molecular formula is C28H28FN3O3S. The zero-order chi connectivity index (χ0) is 25.8. The molecule has 0 aromatic heterocycles. The first-order chi connectivity index (χ1) is 17.3. The van der Waals surface area contributed by atoms with Crippen molar-refractivity contribution in [2.24, 2.45) is 4.99 Å². The molecule has 6 nitrogen and oxygen atoms in total. The summed E-state index contributed by atoms with van der Waals surface area (Å²) in [5.41, 5.74) is 4.29. The molecule has 2 aliphatic heterocycles. The van der Waals surface area contributed by atoms with Gasteiger partial charge in [0.2, 0.25) is 5.91 Å². The Hall–Kier alpha value is -3.65. The van der Waals surface area contributed by atoms with Crippen LogP contribution in [0, 0.1) is 5.82 Å². The third-order valence-corrected chi connectivity index (χ3v) is 6.83. The second-order valence-corrected chi connectivity index (χ2v) is 9.67. The number of fused-ring (bicyclic) bond motifs is 1. The van der Waals surface area contributed by atoms with Crippen molar-refractivity contribution in [1.82, 2.24) is 4.90 Å². The fraction of sp³-hybridized carbons (Fsp3) is 0.250. The van der Waals surface area contributed by atoms with Crippen molar-refractivity contribution < 1.29 is 18.7 Å². The maximum atomic E-state index is 13.2. The van der Waals surface area contributed by atoms with Crippen LogP contribution in [0.5, 0.6) is 0 Å². The quantitative estimate of drug-likeness (QED) is 0.338. The van der Waals surface area contributed by atoms with E-state index in [0.717, 1.165) is 5.56 Å². The lowest BCUT2D eigenvalue weighted by Gasteiger charge is -2.36. The number of benzene rings is 2. The molecule has 2 aromatic rings. The van der Waals surface area contributed by atoms with E-state index in [1.54, 1.807) is 6.92 Å². The standard InChI is InChI=1S/C28H28FN3O3S/c1-5-14-35-27(34)25-18(4)30-28-32(26(25)20-8-6-19(7-9-20)17(2)3)23(16-36-28)15-24(33)31-22-12-10-21(29)11-13-22/h5-13,16-17,26H,1,14-15H2,2-4H3,(H,31,33). The van der Waals surface area contributed by atoms with Crippen LogP contribution in [0.3, 0.4) is 0 Å². The lowest BCUT2D eigenvalue weighted by Crippen LogP contribution is -2.37. The van der Waals surface area contributed by atoms with Crippen molar-refractivity contribution in [3.8, 4) is 0 Å². The van der Waals surface area contributed by atoms with Crippen LogP contribution < -0.4 is 5.32 Å². The van der Waals surface area contributed by atoms with E-state index in [-0.39, 0.29) is 24.8 Å². The summed E-state index contributed by atoms with van der Waals surface area (Å²) in [6.07, 6.45) is 1.58. The van der Waals surface area contributed by atoms with E-state index in [2.05, 4.69) is 42.9 Å². The van der Waals surface area contributed by atoms with Gasteiger partial charge in [-0.3, -0.25) is 4.79 Å². The molecule has 2 aliphatic rings. The fourth-order valence-corrected chi connectivity index (χ4v) is 5.09. The molecule has 0 spiro atoms. The number of nitrogens with zero attached hydrogens (tertiary/aromatic N) is 2. The van der Waals surface area contributed by atoms with Crippen LogP contribution in [0.1, 0.15) is 50.3 Å². The zero-order valence-corrected chi connectivity index (χ0v) is 21.3. The number of amides is 1. The number of esters is 1. The van der Waals surface area contributed by atoms with E-state index >= 15 is 0 Å². The molecular weight excluding hydrogens is 477 g/mol. The van der Waals surface area contributed by atoms with E-state index < -0.39 is 12.0 Å². The predicted octanol–water partition coefficient (Wildman–Crippen LogP) is 6.28. The molecule has 36 heavy (non-hydrogen) atoms. The lowest BCUT2D eigenvalue weighted by atomic mass is 9.92. The van der Waals surface area contributed by atoms with Gasteiger partial charge in [0.05, 0.1) is 23.7 Å². The summed E-state index contributed by atoms with van der Waals surface area (Å²) in [6.45, 7) is 9.76. The molecule has 2 heterocycles. The zero-order valence-electron chi connectivity index (χ0n) is 20.5. The largest absolute Gasteiger partial charge is 0.458 e. The van der Waals surface area contributed by atoms with Gasteiger partial charge in [-0.05, 0) is 53.6 Å². The van der Waals surface area contributed by atoms with Gasteiger partial charge in [-0.15, -0.1) is 0 Å². The summed E-state index contributed by atoms with van der Waals surface area (Å²) in [5, 5.41) is 5.37. The Kier molecular flexibility index (Phi) is 7.74. The molecule has 186 valence electrons. The van der Waals surface area contributed by atoms with E-state index in [4.69, 9.17) is 4.74 Å². The molecule has 1 amide bonds. The number of allylic oxidation sites excluding steroid dienone is 1. The Morgan fingerprint density at radius 2 is 1.89 bits per heavy atom. The first-order valence-electron chi connectivity index (χ1n) is 11.7. The molecule has 0 saturated carbocycles. The second kappa shape index (κ2) is 11.0. The third-order valence-electron chi connectivity index (χ3n) is 5.94. The highest BCUT2D eigenvalue weighted by molar-refractivity contribution is 8.16. The summed E-state index contributed by atoms with van der Waals surface area (Å²) in [5.74, 6) is -0.739. The molecule has 0 bridgehead atoms.